The molecule has 0 amide bonds. The van der Waals surface area contributed by atoms with Crippen LogP contribution in [0.3, 0.4) is 0 Å². The lowest BCUT2D eigenvalue weighted by Crippen LogP contribution is -2.59. The van der Waals surface area contributed by atoms with Crippen LogP contribution >= 0.6 is 0 Å². The molecule has 0 saturated carbocycles. The highest BCUT2D eigenvalue weighted by Gasteiger charge is 2.44. The smallest absolute Gasteiger partial charge is 0.306 e. The van der Waals surface area contributed by atoms with Crippen LogP contribution in [0.4, 0.5) is 0 Å². The average molecular weight is 777 g/mol. The van der Waals surface area contributed by atoms with Crippen LogP contribution < -0.4 is 0 Å². The molecule has 316 valence electrons. The third kappa shape index (κ3) is 27.6. The molecule has 55 heavy (non-hydrogen) atoms. The average Bonchev–Trinajstić information content (AvgIpc) is 3.18. The quantitative estimate of drug-likeness (QED) is 0.0213. The van der Waals surface area contributed by atoms with Gasteiger partial charge in [0.2, 0.25) is 0 Å². The number of unbranched alkanes of at least 4 members (excludes halogenated alkanes) is 18. The lowest BCUT2D eigenvalue weighted by atomic mass is 9.99. The van der Waals surface area contributed by atoms with Gasteiger partial charge in [0.25, 0.3) is 0 Å². The van der Waals surface area contributed by atoms with Gasteiger partial charge in [0.15, 0.2) is 12.4 Å². The van der Waals surface area contributed by atoms with Gasteiger partial charge in [-0.15, -0.1) is 6.58 Å². The van der Waals surface area contributed by atoms with E-state index in [0.29, 0.717) is 6.42 Å². The predicted octanol–water partition coefficient (Wildman–Crippen LogP) is 8.66. The minimum Gasteiger partial charge on any atom is -0.462 e. The second-order valence-corrected chi connectivity index (χ2v) is 14.6. The highest BCUT2D eigenvalue weighted by Crippen LogP contribution is 2.22. The van der Waals surface area contributed by atoms with Crippen LogP contribution in [0.2, 0.25) is 0 Å². The van der Waals surface area contributed by atoms with Crippen LogP contribution in [-0.4, -0.2) is 89.0 Å². The highest BCUT2D eigenvalue weighted by molar-refractivity contribution is 5.70. The van der Waals surface area contributed by atoms with Gasteiger partial charge in [-0.25, -0.2) is 0 Å². The van der Waals surface area contributed by atoms with Crippen LogP contribution in [0.5, 0.6) is 0 Å². The summed E-state index contributed by atoms with van der Waals surface area (Å²) in [6.07, 6.45) is 34.0. The van der Waals surface area contributed by atoms with Crippen LogP contribution in [0, 0.1) is 0 Å². The largest absolute Gasteiger partial charge is 0.462 e. The van der Waals surface area contributed by atoms with Crippen molar-refractivity contribution in [2.75, 3.05) is 19.8 Å². The van der Waals surface area contributed by atoms with Crippen molar-refractivity contribution < 1.29 is 49.0 Å². The van der Waals surface area contributed by atoms with Crippen LogP contribution in [0.15, 0.2) is 61.3 Å². The summed E-state index contributed by atoms with van der Waals surface area (Å²) in [4.78, 5) is 25.3. The molecule has 1 rings (SSSR count). The number of aliphatic hydroxyl groups excluding tert-OH is 4. The molecule has 6 atom stereocenters. The molecule has 1 saturated heterocycles. The molecule has 0 aliphatic carbocycles. The zero-order valence-electron chi connectivity index (χ0n) is 34.0. The van der Waals surface area contributed by atoms with Crippen LogP contribution in [-0.2, 0) is 28.5 Å². The van der Waals surface area contributed by atoms with E-state index in [-0.39, 0.29) is 32.0 Å². The summed E-state index contributed by atoms with van der Waals surface area (Å²) in [5, 5.41) is 40.0. The minimum atomic E-state index is -1.60. The summed E-state index contributed by atoms with van der Waals surface area (Å²) in [6.45, 7) is 4.77. The molecule has 0 bridgehead atoms. The second kappa shape index (κ2) is 35.8. The van der Waals surface area contributed by atoms with Crippen molar-refractivity contribution in [3.63, 3.8) is 0 Å². The van der Waals surface area contributed by atoms with Gasteiger partial charge in [0.05, 0.1) is 13.2 Å². The van der Waals surface area contributed by atoms with Crippen molar-refractivity contribution in [1.82, 2.24) is 0 Å². The normalized spacial score (nSPS) is 20.9. The van der Waals surface area contributed by atoms with Crippen LogP contribution in [0.1, 0.15) is 155 Å². The number of rotatable bonds is 35. The van der Waals surface area contributed by atoms with E-state index in [1.54, 1.807) is 0 Å². The fraction of sp³-hybridized carbons (Fsp3) is 0.733. The Morgan fingerprint density at radius 3 is 1.65 bits per heavy atom. The van der Waals surface area contributed by atoms with E-state index < -0.39 is 49.4 Å². The molecule has 2 unspecified atom stereocenters. The molecular weight excluding hydrogens is 700 g/mol. The number of allylic oxidation sites excluding steroid dienone is 9. The number of aliphatic hydroxyl groups is 4. The number of esters is 2. The van der Waals surface area contributed by atoms with E-state index in [1.165, 1.54) is 57.8 Å². The second-order valence-electron chi connectivity index (χ2n) is 14.6. The molecule has 1 aliphatic rings. The van der Waals surface area contributed by atoms with E-state index in [2.05, 4.69) is 31.7 Å². The van der Waals surface area contributed by atoms with E-state index in [1.807, 2.05) is 36.5 Å². The Balaban J connectivity index is 2.36. The van der Waals surface area contributed by atoms with Crippen molar-refractivity contribution >= 4 is 11.9 Å². The lowest BCUT2D eigenvalue weighted by Gasteiger charge is -2.39. The third-order valence-corrected chi connectivity index (χ3v) is 9.63. The van der Waals surface area contributed by atoms with Crippen molar-refractivity contribution in [2.24, 2.45) is 0 Å². The van der Waals surface area contributed by atoms with E-state index in [0.717, 1.165) is 70.6 Å². The Morgan fingerprint density at radius 2 is 1.11 bits per heavy atom. The summed E-state index contributed by atoms with van der Waals surface area (Å²) < 4.78 is 22.1. The zero-order chi connectivity index (χ0) is 40.2. The summed E-state index contributed by atoms with van der Waals surface area (Å²) in [6, 6.07) is 0. The zero-order valence-corrected chi connectivity index (χ0v) is 34.0. The SMILES string of the molecule is C=CCCCCCCCCCCCCCCCC(=O)OC[C@@H](CO[C@H]1O[C@@H](CO)[C@@H](O)C(O)C1O)OC(=O)CCCCCCC/C=C/C=C/C=C/C=C/CC. The molecule has 0 spiro atoms. The Morgan fingerprint density at radius 1 is 0.618 bits per heavy atom. The Bertz CT molecular complexity index is 1070. The van der Waals surface area contributed by atoms with Crippen molar-refractivity contribution in [1.29, 1.82) is 0 Å². The summed E-state index contributed by atoms with van der Waals surface area (Å²) in [5.41, 5.74) is 0. The first-order valence-corrected chi connectivity index (χ1v) is 21.4. The number of hydrogen-bond acceptors (Lipinski definition) is 10. The molecule has 10 nitrogen and oxygen atoms in total. The van der Waals surface area contributed by atoms with Gasteiger partial charge >= 0.3 is 11.9 Å². The molecule has 0 radical (unpaired) electrons. The van der Waals surface area contributed by atoms with E-state index in [9.17, 15) is 30.0 Å². The molecular formula is C45H76O10. The first kappa shape index (κ1) is 50.4. The Hall–Kier alpha value is -2.60. The molecule has 4 N–H and O–H groups in total. The molecule has 1 fully saturated rings. The van der Waals surface area contributed by atoms with Gasteiger partial charge in [0.1, 0.15) is 31.0 Å². The topological polar surface area (TPSA) is 152 Å². The number of hydrogen-bond donors (Lipinski definition) is 4. The first-order valence-electron chi connectivity index (χ1n) is 21.4. The molecule has 10 heteroatoms. The van der Waals surface area contributed by atoms with Gasteiger partial charge < -0.3 is 39.4 Å². The maximum Gasteiger partial charge on any atom is 0.306 e. The summed E-state index contributed by atoms with van der Waals surface area (Å²) in [5.74, 6) is -0.840. The molecule has 1 aliphatic heterocycles. The molecule has 0 aromatic carbocycles. The maximum atomic E-state index is 12.7. The fourth-order valence-corrected chi connectivity index (χ4v) is 6.24. The summed E-state index contributed by atoms with van der Waals surface area (Å²) >= 11 is 0. The van der Waals surface area contributed by atoms with Gasteiger partial charge in [-0.05, 0) is 44.9 Å². The Labute approximate surface area is 332 Å². The number of ether oxygens (including phenoxy) is 4. The number of carbonyl (C=O) groups is 2. The number of carbonyl (C=O) groups excluding carboxylic acids is 2. The minimum absolute atomic E-state index is 0.201. The maximum absolute atomic E-state index is 12.7. The van der Waals surface area contributed by atoms with Crippen molar-refractivity contribution in [3.05, 3.63) is 61.3 Å². The van der Waals surface area contributed by atoms with E-state index >= 15 is 0 Å². The predicted molar refractivity (Wildman–Crippen MR) is 219 cm³/mol. The highest BCUT2D eigenvalue weighted by atomic mass is 16.7. The Kier molecular flexibility index (Phi) is 32.8. The van der Waals surface area contributed by atoms with E-state index in [4.69, 9.17) is 18.9 Å². The molecule has 0 aromatic heterocycles. The van der Waals surface area contributed by atoms with Gasteiger partial charge in [-0.3, -0.25) is 9.59 Å². The van der Waals surface area contributed by atoms with Crippen LogP contribution in [0.25, 0.3) is 0 Å². The first-order chi connectivity index (χ1) is 26.8. The lowest BCUT2D eigenvalue weighted by molar-refractivity contribution is -0.305. The molecule has 0 aromatic rings. The standard InChI is InChI=1S/C45H76O10/c1-3-5-7-9-11-13-15-17-19-21-23-25-27-29-31-33-40(47)52-36-38(37-53-45-44(51)43(50)42(49)39(35-46)55-45)54-41(48)34-32-30-28-26-24-22-20-18-16-14-12-10-8-6-4-2/h3,6,8,10,12,14,16,18,20,38-39,42-46,49-51H,1,4-5,7,9,11,13,15,17,19,21-37H2,2H3/b8-6+,12-10+,16-14+,20-18+/t38-,39-,42+,43?,44?,45-/m0/s1. The van der Waals surface area contributed by atoms with Gasteiger partial charge in [-0.2, -0.15) is 0 Å². The van der Waals surface area contributed by atoms with Crippen molar-refractivity contribution in [3.8, 4) is 0 Å². The monoisotopic (exact) mass is 777 g/mol. The van der Waals surface area contributed by atoms with Gasteiger partial charge in [-0.1, -0.05) is 151 Å². The molecule has 1 heterocycles. The third-order valence-electron chi connectivity index (χ3n) is 9.63. The van der Waals surface area contributed by atoms with Gasteiger partial charge in [0, 0.05) is 12.8 Å². The van der Waals surface area contributed by atoms with Crippen molar-refractivity contribution in [2.45, 2.75) is 191 Å². The fourth-order valence-electron chi connectivity index (χ4n) is 6.24. The summed E-state index contributed by atoms with van der Waals surface area (Å²) in [7, 11) is 0.